The van der Waals surface area contributed by atoms with Gasteiger partial charge in [0, 0.05) is 52.3 Å². The molecule has 4 atom stereocenters. The van der Waals surface area contributed by atoms with E-state index in [1.807, 2.05) is 94.7 Å². The zero-order valence-electron chi connectivity index (χ0n) is 43.4. The highest BCUT2D eigenvalue weighted by molar-refractivity contribution is 7.13. The summed E-state index contributed by atoms with van der Waals surface area (Å²) in [5.41, 5.74) is 6.84. The van der Waals surface area contributed by atoms with Crippen LogP contribution in [0.1, 0.15) is 106 Å². The number of carbonyl (C=O) groups excluding carboxylic acids is 4. The summed E-state index contributed by atoms with van der Waals surface area (Å²) in [7, 11) is 4.86. The number of aliphatic hydroxyl groups excluding tert-OH is 1. The van der Waals surface area contributed by atoms with E-state index < -0.39 is 29.5 Å². The van der Waals surface area contributed by atoms with Crippen LogP contribution in [0.3, 0.4) is 0 Å². The normalized spacial score (nSPS) is 15.3. The molecule has 74 heavy (non-hydrogen) atoms. The van der Waals surface area contributed by atoms with Crippen LogP contribution >= 0.6 is 11.3 Å². The molecule has 0 unspecified atom stereocenters. The molecule has 0 spiro atoms. The van der Waals surface area contributed by atoms with Crippen molar-refractivity contribution in [3.05, 3.63) is 101 Å². The number of ether oxygens (including phenoxy) is 1. The Labute approximate surface area is 435 Å². The van der Waals surface area contributed by atoms with Crippen molar-refractivity contribution in [1.82, 2.24) is 61.1 Å². The number of nitrogens with one attached hydrogen (secondary N) is 6. The number of carbonyl (C=O) groups is 4. The number of amides is 4. The molecule has 7 rings (SSSR count). The third-order valence-corrected chi connectivity index (χ3v) is 13.8. The van der Waals surface area contributed by atoms with Crippen molar-refractivity contribution in [2.45, 2.75) is 110 Å². The molecule has 0 saturated carbocycles. The van der Waals surface area contributed by atoms with Gasteiger partial charge in [-0.05, 0) is 73.5 Å². The van der Waals surface area contributed by atoms with Crippen molar-refractivity contribution in [1.29, 1.82) is 0 Å². The molecule has 2 aromatic carbocycles. The lowest BCUT2D eigenvalue weighted by molar-refractivity contribution is -0.144. The smallest absolute Gasteiger partial charge is 0.273 e. The molecule has 392 valence electrons. The van der Waals surface area contributed by atoms with E-state index in [-0.39, 0.29) is 48.8 Å². The predicted octanol–water partition coefficient (Wildman–Crippen LogP) is 6.75. The number of aliphatic hydroxyl groups is 1. The summed E-state index contributed by atoms with van der Waals surface area (Å²) in [4.78, 5) is 69.7. The van der Waals surface area contributed by atoms with Gasteiger partial charge in [-0.15, -0.1) is 21.5 Å². The Balaban J connectivity index is 0.815. The van der Waals surface area contributed by atoms with Crippen molar-refractivity contribution in [3.63, 3.8) is 0 Å². The van der Waals surface area contributed by atoms with E-state index >= 15 is 0 Å². The number of thiazole rings is 1. The number of methoxy groups -OCH3 is 1. The highest BCUT2D eigenvalue weighted by Gasteiger charge is 2.44. The van der Waals surface area contributed by atoms with E-state index in [2.05, 4.69) is 62.1 Å². The Morgan fingerprint density at radius 3 is 2.35 bits per heavy atom. The van der Waals surface area contributed by atoms with Crippen molar-refractivity contribution in [3.8, 4) is 27.6 Å². The minimum atomic E-state index is -0.874. The third kappa shape index (κ3) is 14.0. The minimum absolute atomic E-state index is 0.0159. The van der Waals surface area contributed by atoms with Crippen LogP contribution in [0.25, 0.3) is 21.8 Å². The molecule has 1 saturated heterocycles. The number of aryl methyl sites for hydroxylation is 2. The molecule has 0 bridgehead atoms. The first-order chi connectivity index (χ1) is 35.5. The number of unbranched alkanes of at least 4 members (excludes halogenated alkanes) is 4. The minimum Gasteiger partial charge on any atom is -0.494 e. The van der Waals surface area contributed by atoms with E-state index in [0.29, 0.717) is 53.1 Å². The highest BCUT2D eigenvalue weighted by Crippen LogP contribution is 2.37. The number of hydrogen-bond acceptors (Lipinski definition) is 16. The first-order valence-electron chi connectivity index (χ1n) is 24.9. The lowest BCUT2D eigenvalue weighted by atomic mass is 9.85. The van der Waals surface area contributed by atoms with Crippen LogP contribution in [0, 0.1) is 12.3 Å². The monoisotopic (exact) mass is 1030 g/mol. The molecule has 0 radical (unpaired) electrons. The Hall–Kier alpha value is -7.36. The molecule has 1 aliphatic rings. The number of hydrogen-bond donors (Lipinski definition) is 7. The molecule has 4 aromatic heterocycles. The van der Waals surface area contributed by atoms with Gasteiger partial charge in [0.2, 0.25) is 17.7 Å². The first-order valence-corrected chi connectivity index (χ1v) is 25.8. The molecule has 21 heteroatoms. The maximum absolute atomic E-state index is 14.1. The Morgan fingerprint density at radius 1 is 0.905 bits per heavy atom. The molecule has 4 amide bonds. The zero-order chi connectivity index (χ0) is 52.9. The number of pyridine rings is 1. The van der Waals surface area contributed by atoms with Crippen molar-refractivity contribution >= 4 is 58.0 Å². The quantitative estimate of drug-likeness (QED) is 0.0328. The van der Waals surface area contributed by atoms with Gasteiger partial charge < -0.3 is 46.6 Å². The topological polar surface area (TPSA) is 255 Å². The maximum Gasteiger partial charge on any atom is 0.273 e. The molecule has 6 aromatic rings. The van der Waals surface area contributed by atoms with Gasteiger partial charge in [0.1, 0.15) is 24.2 Å². The van der Waals surface area contributed by atoms with Crippen LogP contribution < -0.4 is 36.6 Å². The second-order valence-electron chi connectivity index (χ2n) is 19.6. The van der Waals surface area contributed by atoms with E-state index in [0.717, 1.165) is 59.5 Å². The van der Waals surface area contributed by atoms with Crippen LogP contribution in [0.4, 0.5) is 23.0 Å². The van der Waals surface area contributed by atoms with E-state index in [9.17, 15) is 24.3 Å². The van der Waals surface area contributed by atoms with Crippen molar-refractivity contribution < 1.29 is 29.0 Å². The summed E-state index contributed by atoms with van der Waals surface area (Å²) in [6.07, 6.45) is 7.40. The number of β-amino-alcohol motifs (C(OH)–C–C–N with tert-alkyl or cyclic N) is 1. The number of anilines is 4. The Morgan fingerprint density at radius 2 is 1.68 bits per heavy atom. The maximum atomic E-state index is 14.1. The summed E-state index contributed by atoms with van der Waals surface area (Å²) in [5, 5.41) is 42.1. The summed E-state index contributed by atoms with van der Waals surface area (Å²) in [5.74, 6) is 0.540. The van der Waals surface area contributed by atoms with Gasteiger partial charge in [-0.2, -0.15) is 5.10 Å². The standard InChI is InChI=1S/C53H68N14O6S/c1-32(35-19-21-36(22-20-35)47-33(2)58-31-74-47)59-50(70)41-25-37(68)29-67(41)52(72)48(53(3,4)5)62-44(69)17-12-10-9-11-13-24-55-27-34-18-23-42(56-28-34)61-43-26-40(45(64-63-43)51(71)54-6)60-39-16-14-15-38(46(39)73-8)49-57-30-66(7)65-49/h14-16,18-23,26,28,30-32,37,41,48,55,68H,9-13,17,24-25,27,29H2,1-8H3,(H,54,71)(H,59,70)(H,62,69)(H2,56,60,61,63)/t32-,37+,41-,48+/m0/s1. The number of rotatable bonds is 23. The number of nitrogens with zero attached hydrogens (tertiary/aromatic N) is 8. The van der Waals surface area contributed by atoms with Crippen LogP contribution in [-0.4, -0.2) is 114 Å². The van der Waals surface area contributed by atoms with Crippen LogP contribution in [0.15, 0.2) is 78.7 Å². The molecule has 7 N–H and O–H groups in total. The molecule has 1 aliphatic heterocycles. The van der Waals surface area contributed by atoms with Gasteiger partial charge in [0.25, 0.3) is 5.91 Å². The average Bonchev–Trinajstić information content (AvgIpc) is 4.14. The zero-order valence-corrected chi connectivity index (χ0v) is 44.2. The second kappa shape index (κ2) is 25.0. The number of aromatic nitrogens is 7. The second-order valence-corrected chi connectivity index (χ2v) is 20.4. The number of benzene rings is 2. The predicted molar refractivity (Wildman–Crippen MR) is 285 cm³/mol. The fourth-order valence-electron chi connectivity index (χ4n) is 8.75. The van der Waals surface area contributed by atoms with Gasteiger partial charge in [0.05, 0.1) is 52.3 Å². The lowest BCUT2D eigenvalue weighted by Crippen LogP contribution is -2.57. The van der Waals surface area contributed by atoms with Crippen LogP contribution in [0.5, 0.6) is 5.75 Å². The largest absolute Gasteiger partial charge is 0.494 e. The third-order valence-electron chi connectivity index (χ3n) is 12.8. The molecule has 1 fully saturated rings. The first kappa shape index (κ1) is 54.4. The molecule has 0 aliphatic carbocycles. The van der Waals surface area contributed by atoms with Crippen LogP contribution in [0.2, 0.25) is 0 Å². The summed E-state index contributed by atoms with van der Waals surface area (Å²) in [6, 6.07) is 16.9. The highest BCUT2D eigenvalue weighted by atomic mass is 32.1. The summed E-state index contributed by atoms with van der Waals surface area (Å²) < 4.78 is 7.36. The van der Waals surface area contributed by atoms with E-state index in [1.165, 1.54) is 11.9 Å². The number of likely N-dealkylation sites (tertiary alicyclic amines) is 1. The molecular weight excluding hydrogens is 961 g/mol. The molecule has 20 nitrogen and oxygen atoms in total. The Bertz CT molecular complexity index is 2870. The lowest BCUT2D eigenvalue weighted by Gasteiger charge is -2.35. The van der Waals surface area contributed by atoms with Crippen LogP contribution in [-0.2, 0) is 28.0 Å². The average molecular weight is 1030 g/mol. The van der Waals surface area contributed by atoms with E-state index in [4.69, 9.17) is 4.74 Å². The van der Waals surface area contributed by atoms with Gasteiger partial charge >= 0.3 is 0 Å². The van der Waals surface area contributed by atoms with Gasteiger partial charge in [-0.3, -0.25) is 23.9 Å². The fourth-order valence-corrected chi connectivity index (χ4v) is 9.57. The number of para-hydroxylation sites is 1. The Kier molecular flexibility index (Phi) is 18.4. The van der Waals surface area contributed by atoms with Gasteiger partial charge in [-0.1, -0.05) is 76.4 Å². The fraction of sp³-hybridized carbons (Fsp3) is 0.434. The molecule has 5 heterocycles. The summed E-state index contributed by atoms with van der Waals surface area (Å²) in [6.45, 7) is 11.0. The van der Waals surface area contributed by atoms with E-state index in [1.54, 1.807) is 48.8 Å². The SMILES string of the molecule is CNC(=O)c1nnc(Nc2ccc(CNCCCCCCCC(=O)N[C@H](C(=O)N3C[C@H](O)C[C@H]3C(=O)N[C@@H](C)c3ccc(-c4scnc4C)cc3)C(C)(C)C)cn2)cc1Nc1cccc(-c2ncn(C)n2)c1OC. The summed E-state index contributed by atoms with van der Waals surface area (Å²) >= 11 is 1.58. The van der Waals surface area contributed by atoms with Gasteiger partial charge in [-0.25, -0.2) is 15.0 Å². The molecular formula is C53H68N14O6S. The van der Waals surface area contributed by atoms with Crippen molar-refractivity contribution in [2.24, 2.45) is 12.5 Å². The van der Waals surface area contributed by atoms with Gasteiger partial charge in [0.15, 0.2) is 23.1 Å². The van der Waals surface area contributed by atoms with Crippen molar-refractivity contribution in [2.75, 3.05) is 37.9 Å².